The first-order valence-electron chi connectivity index (χ1n) is 10.2. The SMILES string of the molecule is CON1C=CC23CC(CCCN(C)C)CC[C@H]2OC2=C3C(C[C@H](O)C2)C1. The fraction of sp³-hybridized carbons (Fsp3) is 0.810. The van der Waals surface area contributed by atoms with Gasteiger partial charge in [0, 0.05) is 18.5 Å². The van der Waals surface area contributed by atoms with E-state index in [9.17, 15) is 5.11 Å². The summed E-state index contributed by atoms with van der Waals surface area (Å²) in [5, 5.41) is 12.3. The van der Waals surface area contributed by atoms with E-state index in [0.717, 1.165) is 31.1 Å². The van der Waals surface area contributed by atoms with Gasteiger partial charge in [-0.05, 0) is 70.7 Å². The van der Waals surface area contributed by atoms with Crippen LogP contribution in [-0.4, -0.2) is 61.6 Å². The first-order valence-corrected chi connectivity index (χ1v) is 10.2. The number of hydroxylamine groups is 2. The second-order valence-electron chi connectivity index (χ2n) is 8.97. The van der Waals surface area contributed by atoms with Crippen LogP contribution in [0.1, 0.15) is 44.9 Å². The third kappa shape index (κ3) is 3.19. The molecule has 5 atom stereocenters. The largest absolute Gasteiger partial charge is 0.493 e. The molecule has 0 aromatic heterocycles. The number of nitrogens with zero attached hydrogens (tertiary/aromatic N) is 2. The van der Waals surface area contributed by atoms with Crippen LogP contribution in [0.5, 0.6) is 0 Å². The number of hydrogen-bond acceptors (Lipinski definition) is 5. The van der Waals surface area contributed by atoms with Crippen molar-refractivity contribution < 1.29 is 14.7 Å². The van der Waals surface area contributed by atoms with Crippen LogP contribution in [0, 0.1) is 17.3 Å². The number of rotatable bonds is 5. The Labute approximate surface area is 157 Å². The Morgan fingerprint density at radius 3 is 3.00 bits per heavy atom. The molecule has 5 heteroatoms. The molecule has 3 unspecified atom stereocenters. The minimum atomic E-state index is -0.288. The molecule has 26 heavy (non-hydrogen) atoms. The maximum Gasteiger partial charge on any atom is 0.111 e. The fourth-order valence-electron chi connectivity index (χ4n) is 5.81. The molecule has 5 nitrogen and oxygen atoms in total. The maximum absolute atomic E-state index is 10.4. The molecule has 2 aliphatic carbocycles. The topological polar surface area (TPSA) is 45.2 Å². The molecule has 0 saturated heterocycles. The standard InChI is InChI=1S/C21H34N2O3/c1-22(2)9-4-5-15-6-7-19-21(13-15)8-10-23(25-3)14-16-11-17(24)12-18(26-19)20(16)21/h8,10,15-17,19,24H,4-7,9,11-14H2,1-3H3/t15?,16?,17-,19+,21?/m0/s1. The fourth-order valence-corrected chi connectivity index (χ4v) is 5.81. The molecule has 2 aliphatic heterocycles. The van der Waals surface area contributed by atoms with Crippen molar-refractivity contribution in [1.29, 1.82) is 0 Å². The van der Waals surface area contributed by atoms with E-state index in [2.05, 4.69) is 31.3 Å². The quantitative estimate of drug-likeness (QED) is 0.815. The van der Waals surface area contributed by atoms with Gasteiger partial charge in [0.25, 0.3) is 0 Å². The Morgan fingerprint density at radius 1 is 1.38 bits per heavy atom. The molecular formula is C21H34N2O3. The Hall–Kier alpha value is -1.04. The molecular weight excluding hydrogens is 328 g/mol. The average molecular weight is 363 g/mol. The molecule has 0 radical (unpaired) electrons. The van der Waals surface area contributed by atoms with Crippen LogP contribution in [0.2, 0.25) is 0 Å². The lowest BCUT2D eigenvalue weighted by molar-refractivity contribution is -0.0967. The predicted molar refractivity (Wildman–Crippen MR) is 101 cm³/mol. The highest BCUT2D eigenvalue weighted by Gasteiger charge is 2.56. The van der Waals surface area contributed by atoms with Crippen molar-refractivity contribution in [3.8, 4) is 0 Å². The lowest BCUT2D eigenvalue weighted by Crippen LogP contribution is -2.41. The van der Waals surface area contributed by atoms with Gasteiger partial charge in [0.05, 0.1) is 30.9 Å². The van der Waals surface area contributed by atoms with Crippen molar-refractivity contribution >= 4 is 0 Å². The smallest absolute Gasteiger partial charge is 0.111 e. The molecule has 2 heterocycles. The minimum Gasteiger partial charge on any atom is -0.493 e. The Bertz CT molecular complexity index is 588. The van der Waals surface area contributed by atoms with Crippen molar-refractivity contribution in [2.45, 2.75) is 57.2 Å². The summed E-state index contributed by atoms with van der Waals surface area (Å²) >= 11 is 0. The van der Waals surface area contributed by atoms with Gasteiger partial charge in [0.15, 0.2) is 0 Å². The van der Waals surface area contributed by atoms with Crippen molar-refractivity contribution in [2.75, 3.05) is 34.3 Å². The van der Waals surface area contributed by atoms with Gasteiger partial charge in [0.1, 0.15) is 6.10 Å². The van der Waals surface area contributed by atoms with Crippen molar-refractivity contribution in [2.24, 2.45) is 17.3 Å². The van der Waals surface area contributed by atoms with Gasteiger partial charge >= 0.3 is 0 Å². The van der Waals surface area contributed by atoms with Crippen LogP contribution in [0.15, 0.2) is 23.6 Å². The van der Waals surface area contributed by atoms with E-state index in [1.54, 1.807) is 7.11 Å². The minimum absolute atomic E-state index is 0.0223. The normalized spacial score (nSPS) is 38.9. The molecule has 1 fully saturated rings. The molecule has 1 saturated carbocycles. The number of aliphatic hydroxyl groups excluding tert-OH is 1. The summed E-state index contributed by atoms with van der Waals surface area (Å²) < 4.78 is 6.46. The number of hydrogen-bond donors (Lipinski definition) is 1. The van der Waals surface area contributed by atoms with Crippen LogP contribution in [0.25, 0.3) is 0 Å². The maximum atomic E-state index is 10.4. The van der Waals surface area contributed by atoms with E-state index in [1.807, 2.05) is 5.06 Å². The lowest BCUT2D eigenvalue weighted by atomic mass is 9.60. The van der Waals surface area contributed by atoms with E-state index in [-0.39, 0.29) is 17.6 Å². The first kappa shape index (κ1) is 18.3. The molecule has 4 aliphatic rings. The molecule has 0 amide bonds. The molecule has 4 rings (SSSR count). The summed E-state index contributed by atoms with van der Waals surface area (Å²) in [6.07, 6.45) is 12.1. The second kappa shape index (κ2) is 7.17. The lowest BCUT2D eigenvalue weighted by Gasteiger charge is -2.42. The second-order valence-corrected chi connectivity index (χ2v) is 8.97. The van der Waals surface area contributed by atoms with E-state index in [1.165, 1.54) is 37.8 Å². The van der Waals surface area contributed by atoms with Gasteiger partial charge in [-0.3, -0.25) is 9.90 Å². The summed E-state index contributed by atoms with van der Waals surface area (Å²) in [6.45, 7) is 1.98. The highest BCUT2D eigenvalue weighted by molar-refractivity contribution is 5.38. The summed E-state index contributed by atoms with van der Waals surface area (Å²) in [5.74, 6) is 2.18. The molecule has 0 bridgehead atoms. The number of aliphatic hydroxyl groups is 1. The Morgan fingerprint density at radius 2 is 2.23 bits per heavy atom. The van der Waals surface area contributed by atoms with Crippen LogP contribution >= 0.6 is 0 Å². The molecule has 1 spiro atoms. The molecule has 146 valence electrons. The van der Waals surface area contributed by atoms with Crippen molar-refractivity contribution in [3.05, 3.63) is 23.6 Å². The van der Waals surface area contributed by atoms with E-state index in [4.69, 9.17) is 9.57 Å². The highest BCUT2D eigenvalue weighted by Crippen LogP contribution is 2.59. The summed E-state index contributed by atoms with van der Waals surface area (Å²) in [6, 6.07) is 0. The summed E-state index contributed by atoms with van der Waals surface area (Å²) in [5.41, 5.74) is 1.51. The van der Waals surface area contributed by atoms with Crippen LogP contribution in [0.3, 0.4) is 0 Å². The van der Waals surface area contributed by atoms with E-state index < -0.39 is 0 Å². The molecule has 0 aromatic rings. The zero-order valence-corrected chi connectivity index (χ0v) is 16.5. The van der Waals surface area contributed by atoms with Gasteiger partial charge < -0.3 is 14.7 Å². The van der Waals surface area contributed by atoms with Crippen LogP contribution in [-0.2, 0) is 9.57 Å². The Kier molecular flexibility index (Phi) is 5.06. The van der Waals surface area contributed by atoms with Gasteiger partial charge in [-0.2, -0.15) is 0 Å². The third-order valence-electron chi connectivity index (χ3n) is 6.90. The first-order chi connectivity index (χ1) is 12.5. The summed E-state index contributed by atoms with van der Waals surface area (Å²) in [4.78, 5) is 7.84. The monoisotopic (exact) mass is 362 g/mol. The van der Waals surface area contributed by atoms with Crippen LogP contribution < -0.4 is 0 Å². The summed E-state index contributed by atoms with van der Waals surface area (Å²) in [7, 11) is 6.04. The van der Waals surface area contributed by atoms with Crippen molar-refractivity contribution in [3.63, 3.8) is 0 Å². The van der Waals surface area contributed by atoms with E-state index in [0.29, 0.717) is 12.3 Å². The zero-order chi connectivity index (χ0) is 18.3. The van der Waals surface area contributed by atoms with E-state index >= 15 is 0 Å². The average Bonchev–Trinajstić information content (AvgIpc) is 2.82. The molecule has 0 aromatic carbocycles. The van der Waals surface area contributed by atoms with Gasteiger partial charge in [0.2, 0.25) is 0 Å². The van der Waals surface area contributed by atoms with Gasteiger partial charge in [-0.15, -0.1) is 0 Å². The number of ether oxygens (including phenoxy) is 1. The van der Waals surface area contributed by atoms with Gasteiger partial charge in [-0.1, -0.05) is 6.08 Å². The van der Waals surface area contributed by atoms with Crippen molar-refractivity contribution in [1.82, 2.24) is 9.96 Å². The Balaban J connectivity index is 1.61. The van der Waals surface area contributed by atoms with Gasteiger partial charge in [-0.25, -0.2) is 0 Å². The molecule has 1 N–H and O–H groups in total. The predicted octanol–water partition coefficient (Wildman–Crippen LogP) is 2.93. The third-order valence-corrected chi connectivity index (χ3v) is 6.90. The van der Waals surface area contributed by atoms with Crippen LogP contribution in [0.4, 0.5) is 0 Å². The highest BCUT2D eigenvalue weighted by atomic mass is 16.7. The zero-order valence-electron chi connectivity index (χ0n) is 16.5.